The van der Waals surface area contributed by atoms with Crippen molar-refractivity contribution < 1.29 is 19.0 Å². The van der Waals surface area contributed by atoms with Gasteiger partial charge >= 0.3 is 0 Å². The first-order valence-electron chi connectivity index (χ1n) is 23.5. The van der Waals surface area contributed by atoms with E-state index >= 15 is 0 Å². The molecule has 0 heterocycles. The van der Waals surface area contributed by atoms with Gasteiger partial charge in [-0.1, -0.05) is 200 Å². The van der Waals surface area contributed by atoms with Gasteiger partial charge in [-0.2, -0.15) is 0 Å². The molecule has 0 aliphatic carbocycles. The Kier molecular flexibility index (Phi) is 30.7. The first kappa shape index (κ1) is 49.0. The zero-order chi connectivity index (χ0) is 40.2. The molecule has 0 spiro atoms. The Morgan fingerprint density at radius 1 is 0.482 bits per heavy atom. The molecular formula is C51H82NO4. The van der Waals surface area contributed by atoms with Crippen molar-refractivity contribution in [3.8, 4) is 23.2 Å². The normalized spacial score (nSPS) is 11.0. The van der Waals surface area contributed by atoms with Crippen molar-refractivity contribution in [3.05, 3.63) is 53.9 Å². The highest BCUT2D eigenvalue weighted by Gasteiger charge is 2.19. The van der Waals surface area contributed by atoms with E-state index < -0.39 is 0 Å². The third kappa shape index (κ3) is 24.5. The van der Waals surface area contributed by atoms with Crippen molar-refractivity contribution in [2.45, 2.75) is 213 Å². The molecule has 0 saturated carbocycles. The molecule has 5 heteroatoms. The Bertz CT molecular complexity index is 1220. The van der Waals surface area contributed by atoms with E-state index in [0.29, 0.717) is 53.9 Å². The minimum absolute atomic E-state index is 0.231. The highest BCUT2D eigenvalue weighted by molar-refractivity contribution is 6.05. The second-order valence-electron chi connectivity index (χ2n) is 16.0. The van der Waals surface area contributed by atoms with Crippen molar-refractivity contribution in [1.29, 1.82) is 0 Å². The second-order valence-corrected chi connectivity index (χ2v) is 16.0. The van der Waals surface area contributed by atoms with Crippen LogP contribution >= 0.6 is 0 Å². The van der Waals surface area contributed by atoms with Crippen LogP contribution in [0, 0.1) is 12.3 Å². The van der Waals surface area contributed by atoms with Gasteiger partial charge in [0.25, 0.3) is 5.91 Å². The molecule has 56 heavy (non-hydrogen) atoms. The first-order valence-corrected chi connectivity index (χ1v) is 23.5. The minimum atomic E-state index is -0.231. The number of amides is 1. The van der Waals surface area contributed by atoms with Gasteiger partial charge in [0.05, 0.1) is 19.8 Å². The van der Waals surface area contributed by atoms with Crippen LogP contribution in [0.2, 0.25) is 0 Å². The highest BCUT2D eigenvalue weighted by Crippen LogP contribution is 2.40. The molecule has 1 amide bonds. The summed E-state index contributed by atoms with van der Waals surface area (Å²) in [4.78, 5) is 13.6. The van der Waals surface area contributed by atoms with Crippen LogP contribution in [-0.4, -0.2) is 25.7 Å². The molecule has 0 atom stereocenters. The lowest BCUT2D eigenvalue weighted by atomic mass is 10.1. The Hall–Kier alpha value is -3.13. The van der Waals surface area contributed by atoms with Gasteiger partial charge in [0.1, 0.15) is 0 Å². The molecule has 0 unspecified atom stereocenters. The van der Waals surface area contributed by atoms with Crippen molar-refractivity contribution in [2.75, 3.05) is 25.1 Å². The smallest absolute Gasteiger partial charge is 0.255 e. The summed E-state index contributed by atoms with van der Waals surface area (Å²) in [6.07, 6.45) is 45.4. The number of hydrogen-bond donors (Lipinski definition) is 1. The molecule has 0 bridgehead atoms. The lowest BCUT2D eigenvalue weighted by molar-refractivity contribution is 0.102. The van der Waals surface area contributed by atoms with Gasteiger partial charge < -0.3 is 19.5 Å². The molecule has 2 aromatic carbocycles. The molecule has 315 valence electrons. The molecular weight excluding hydrogens is 691 g/mol. The largest absolute Gasteiger partial charge is 0.490 e. The summed E-state index contributed by atoms with van der Waals surface area (Å²) in [6.45, 7) is 8.57. The van der Waals surface area contributed by atoms with E-state index in [4.69, 9.17) is 20.6 Å². The fourth-order valence-electron chi connectivity index (χ4n) is 7.21. The Morgan fingerprint density at radius 2 is 0.804 bits per heavy atom. The number of carbonyl (C=O) groups excluding carboxylic acids is 1. The van der Waals surface area contributed by atoms with E-state index in [1.54, 1.807) is 24.3 Å². The fraction of sp³-hybridized carbons (Fsp3) is 0.706. The fourth-order valence-corrected chi connectivity index (χ4v) is 7.21. The number of ether oxygens (including phenoxy) is 3. The predicted octanol–water partition coefficient (Wildman–Crippen LogP) is 15.8. The van der Waals surface area contributed by atoms with E-state index in [1.807, 2.05) is 12.1 Å². The van der Waals surface area contributed by atoms with Crippen molar-refractivity contribution in [3.63, 3.8) is 0 Å². The standard InChI is InChI=1S/C51H82NO4/c1-5-9-12-15-18-21-24-27-30-33-40-54-48-43-46(51(53)52-47-38-36-45(8-4)37-39-47)44-49(55-41-34-31-28-25-22-19-16-13-10-6-2)50(48)56-42-35-32-29-26-23-20-17-14-11-7-3/h36-39,43-44H,5-7,9-35,40-42H2,1-3H3,(H,52,53). The van der Waals surface area contributed by atoms with Crippen LogP contribution in [0.1, 0.15) is 229 Å². The summed E-state index contributed by atoms with van der Waals surface area (Å²) in [6, 6.07) is 10.8. The van der Waals surface area contributed by atoms with Gasteiger partial charge in [0.15, 0.2) is 11.5 Å². The van der Waals surface area contributed by atoms with Gasteiger partial charge in [0.2, 0.25) is 5.75 Å². The van der Waals surface area contributed by atoms with Crippen LogP contribution in [0.4, 0.5) is 5.69 Å². The van der Waals surface area contributed by atoms with Crippen molar-refractivity contribution in [2.24, 2.45) is 0 Å². The summed E-state index contributed by atoms with van der Waals surface area (Å²) < 4.78 is 19.4. The number of hydrogen-bond acceptors (Lipinski definition) is 4. The lowest BCUT2D eigenvalue weighted by Gasteiger charge is -2.19. The van der Waals surface area contributed by atoms with Crippen LogP contribution in [0.25, 0.3) is 0 Å². The molecule has 1 radical (unpaired) electrons. The van der Waals surface area contributed by atoms with Crippen molar-refractivity contribution >= 4 is 11.6 Å². The molecule has 0 saturated heterocycles. The summed E-state index contributed by atoms with van der Waals surface area (Å²) in [5.74, 6) is 3.96. The average molecular weight is 773 g/mol. The number of benzene rings is 2. The number of unbranched alkanes of at least 4 members (excludes halogenated alkanes) is 27. The Balaban J connectivity index is 2.07. The summed E-state index contributed by atoms with van der Waals surface area (Å²) >= 11 is 0. The maximum absolute atomic E-state index is 13.6. The van der Waals surface area contributed by atoms with Crippen LogP contribution in [0.5, 0.6) is 17.2 Å². The number of rotatable bonds is 38. The average Bonchev–Trinajstić information content (AvgIpc) is 3.21. The van der Waals surface area contributed by atoms with E-state index in [1.165, 1.54) is 154 Å². The van der Waals surface area contributed by atoms with Crippen LogP contribution < -0.4 is 19.5 Å². The second kappa shape index (κ2) is 35.1. The van der Waals surface area contributed by atoms with Gasteiger partial charge in [0, 0.05) is 16.8 Å². The quantitative estimate of drug-likeness (QED) is 0.0545. The third-order valence-electron chi connectivity index (χ3n) is 10.8. The van der Waals surface area contributed by atoms with E-state index in [9.17, 15) is 4.79 Å². The lowest BCUT2D eigenvalue weighted by Crippen LogP contribution is -2.14. The van der Waals surface area contributed by atoms with Gasteiger partial charge in [-0.3, -0.25) is 4.79 Å². The maximum atomic E-state index is 13.6. The van der Waals surface area contributed by atoms with Crippen LogP contribution in [0.15, 0.2) is 36.4 Å². The summed E-state index contributed by atoms with van der Waals surface area (Å²) in [5.41, 5.74) is 1.81. The Morgan fingerprint density at radius 3 is 1.14 bits per heavy atom. The van der Waals surface area contributed by atoms with Crippen LogP contribution in [0.3, 0.4) is 0 Å². The molecule has 2 rings (SSSR count). The number of nitrogens with one attached hydrogen (secondary N) is 1. The van der Waals surface area contributed by atoms with Gasteiger partial charge in [-0.15, -0.1) is 0 Å². The summed E-state index contributed by atoms with van der Waals surface area (Å²) in [7, 11) is 0. The molecule has 1 N–H and O–H groups in total. The van der Waals surface area contributed by atoms with Crippen LogP contribution in [-0.2, 0) is 0 Å². The van der Waals surface area contributed by atoms with E-state index in [-0.39, 0.29) is 5.91 Å². The minimum Gasteiger partial charge on any atom is -0.490 e. The molecule has 0 aliphatic rings. The van der Waals surface area contributed by atoms with E-state index in [0.717, 1.165) is 38.5 Å². The SMILES string of the molecule is [C]#Cc1ccc(NC(=O)c2cc(OCCCCCCCCCCCC)c(OCCCCCCCCCCCC)c(OCCCCCCCCCCCC)c2)cc1. The van der Waals surface area contributed by atoms with Crippen molar-refractivity contribution in [1.82, 2.24) is 0 Å². The van der Waals surface area contributed by atoms with Gasteiger partial charge in [-0.25, -0.2) is 0 Å². The predicted molar refractivity (Wildman–Crippen MR) is 239 cm³/mol. The first-order chi connectivity index (χ1) is 27.6. The summed E-state index contributed by atoms with van der Waals surface area (Å²) in [5, 5.41) is 3.02. The maximum Gasteiger partial charge on any atom is 0.255 e. The van der Waals surface area contributed by atoms with Gasteiger partial charge in [-0.05, 0) is 62.1 Å². The highest BCUT2D eigenvalue weighted by atomic mass is 16.5. The molecule has 5 nitrogen and oxygen atoms in total. The topological polar surface area (TPSA) is 56.8 Å². The molecule has 0 fully saturated rings. The zero-order valence-electron chi connectivity index (χ0n) is 36.4. The third-order valence-corrected chi connectivity index (χ3v) is 10.8. The molecule has 0 aliphatic heterocycles. The monoisotopic (exact) mass is 773 g/mol. The zero-order valence-corrected chi connectivity index (χ0v) is 36.4. The molecule has 2 aromatic rings. The van der Waals surface area contributed by atoms with E-state index in [2.05, 4.69) is 32.0 Å². The Labute approximate surface area is 345 Å². The number of anilines is 1. The number of carbonyl (C=O) groups is 1. The molecule has 0 aromatic heterocycles.